The topological polar surface area (TPSA) is 79.4 Å². The summed E-state index contributed by atoms with van der Waals surface area (Å²) in [6.45, 7) is 6.03. The van der Waals surface area contributed by atoms with Crippen LogP contribution < -0.4 is 4.74 Å². The van der Waals surface area contributed by atoms with Gasteiger partial charge in [-0.25, -0.2) is 0 Å². The van der Waals surface area contributed by atoms with Gasteiger partial charge in [-0.15, -0.1) is 0 Å². The first-order valence-corrected chi connectivity index (χ1v) is 10.2. The molecular weight excluding hydrogens is 374 g/mol. The average Bonchev–Trinajstić information content (AvgIpc) is 2.76. The standard InChI is InChI=1S/C21H29N3O5/c1-17-4-2-5-18(16-17)29-13-3-6-19(25)22-7-9-23(10-8-22)20(26)21(27)24-11-14-28-15-12-24/h2,4-5,16H,3,6-15H2,1H3. The van der Waals surface area contributed by atoms with Crippen molar-refractivity contribution in [1.82, 2.24) is 14.7 Å². The molecule has 29 heavy (non-hydrogen) atoms. The van der Waals surface area contributed by atoms with E-state index in [0.29, 0.717) is 71.9 Å². The van der Waals surface area contributed by atoms with E-state index in [4.69, 9.17) is 9.47 Å². The third kappa shape index (κ3) is 5.93. The number of piperazine rings is 1. The lowest BCUT2D eigenvalue weighted by molar-refractivity contribution is -0.155. The second-order valence-corrected chi connectivity index (χ2v) is 7.35. The van der Waals surface area contributed by atoms with Crippen LogP contribution in [0.1, 0.15) is 18.4 Å². The Balaban J connectivity index is 1.35. The lowest BCUT2D eigenvalue weighted by atomic mass is 10.2. The molecule has 0 bridgehead atoms. The molecule has 0 radical (unpaired) electrons. The minimum atomic E-state index is -0.481. The van der Waals surface area contributed by atoms with Crippen molar-refractivity contribution in [2.45, 2.75) is 19.8 Å². The zero-order chi connectivity index (χ0) is 20.6. The number of rotatable bonds is 5. The normalized spacial score (nSPS) is 17.2. The van der Waals surface area contributed by atoms with Crippen molar-refractivity contribution < 1.29 is 23.9 Å². The Kier molecular flexibility index (Phi) is 7.46. The first-order valence-electron chi connectivity index (χ1n) is 10.2. The van der Waals surface area contributed by atoms with Crippen LogP contribution >= 0.6 is 0 Å². The quantitative estimate of drug-likeness (QED) is 0.534. The fourth-order valence-electron chi connectivity index (χ4n) is 3.47. The molecule has 8 nitrogen and oxygen atoms in total. The molecule has 158 valence electrons. The summed E-state index contributed by atoms with van der Waals surface area (Å²) < 4.78 is 10.9. The Morgan fingerprint density at radius 3 is 2.21 bits per heavy atom. The van der Waals surface area contributed by atoms with Gasteiger partial charge in [0, 0.05) is 45.7 Å². The molecule has 0 spiro atoms. The van der Waals surface area contributed by atoms with Gasteiger partial charge in [0.2, 0.25) is 5.91 Å². The van der Waals surface area contributed by atoms with Gasteiger partial charge in [0.15, 0.2) is 0 Å². The summed E-state index contributed by atoms with van der Waals surface area (Å²) in [5.41, 5.74) is 1.14. The van der Waals surface area contributed by atoms with Crippen LogP contribution in [0.15, 0.2) is 24.3 Å². The molecule has 0 N–H and O–H groups in total. The highest BCUT2D eigenvalue weighted by Gasteiger charge is 2.31. The number of aryl methyl sites for hydroxylation is 1. The van der Waals surface area contributed by atoms with Gasteiger partial charge in [-0.1, -0.05) is 12.1 Å². The summed E-state index contributed by atoms with van der Waals surface area (Å²) in [6.07, 6.45) is 1.05. The number of hydrogen-bond acceptors (Lipinski definition) is 5. The smallest absolute Gasteiger partial charge is 0.312 e. The summed E-state index contributed by atoms with van der Waals surface area (Å²) in [5, 5.41) is 0. The molecule has 8 heteroatoms. The Morgan fingerprint density at radius 1 is 0.931 bits per heavy atom. The molecular formula is C21H29N3O5. The molecule has 2 aliphatic heterocycles. The maximum Gasteiger partial charge on any atom is 0.312 e. The van der Waals surface area contributed by atoms with E-state index in [9.17, 15) is 14.4 Å². The number of ether oxygens (including phenoxy) is 2. The van der Waals surface area contributed by atoms with Crippen molar-refractivity contribution in [2.24, 2.45) is 0 Å². The Bertz CT molecular complexity index is 725. The highest BCUT2D eigenvalue weighted by atomic mass is 16.5. The van der Waals surface area contributed by atoms with Crippen LogP contribution in [0.3, 0.4) is 0 Å². The third-order valence-electron chi connectivity index (χ3n) is 5.19. The first-order chi connectivity index (χ1) is 14.0. The van der Waals surface area contributed by atoms with Crippen molar-refractivity contribution in [3.63, 3.8) is 0 Å². The van der Waals surface area contributed by atoms with Crippen molar-refractivity contribution in [2.75, 3.05) is 59.1 Å². The van der Waals surface area contributed by atoms with E-state index >= 15 is 0 Å². The van der Waals surface area contributed by atoms with Crippen LogP contribution in [0.2, 0.25) is 0 Å². The lowest BCUT2D eigenvalue weighted by Crippen LogP contribution is -2.55. The highest BCUT2D eigenvalue weighted by Crippen LogP contribution is 2.13. The molecule has 0 aromatic heterocycles. The summed E-state index contributed by atoms with van der Waals surface area (Å²) in [7, 11) is 0. The Morgan fingerprint density at radius 2 is 1.55 bits per heavy atom. The summed E-state index contributed by atoms with van der Waals surface area (Å²) in [6, 6.07) is 7.83. The molecule has 1 aromatic rings. The van der Waals surface area contributed by atoms with E-state index in [1.807, 2.05) is 31.2 Å². The van der Waals surface area contributed by atoms with Crippen LogP contribution in [0.4, 0.5) is 0 Å². The average molecular weight is 403 g/mol. The minimum Gasteiger partial charge on any atom is -0.494 e. The molecule has 0 unspecified atom stereocenters. The van der Waals surface area contributed by atoms with E-state index in [-0.39, 0.29) is 5.91 Å². The number of carbonyl (C=O) groups excluding carboxylic acids is 3. The molecule has 0 saturated carbocycles. The number of nitrogens with zero attached hydrogens (tertiary/aromatic N) is 3. The Labute approximate surface area is 171 Å². The van der Waals surface area contributed by atoms with E-state index in [0.717, 1.165) is 11.3 Å². The van der Waals surface area contributed by atoms with Crippen molar-refractivity contribution in [1.29, 1.82) is 0 Å². The molecule has 3 rings (SSSR count). The molecule has 0 atom stereocenters. The number of carbonyl (C=O) groups is 3. The van der Waals surface area contributed by atoms with Gasteiger partial charge < -0.3 is 24.2 Å². The van der Waals surface area contributed by atoms with Crippen LogP contribution in [0.25, 0.3) is 0 Å². The summed E-state index contributed by atoms with van der Waals surface area (Å²) in [4.78, 5) is 42.0. The second-order valence-electron chi connectivity index (χ2n) is 7.35. The maximum atomic E-state index is 12.4. The van der Waals surface area contributed by atoms with Crippen LogP contribution in [0.5, 0.6) is 5.75 Å². The second kappa shape index (κ2) is 10.2. The van der Waals surface area contributed by atoms with E-state index in [2.05, 4.69) is 0 Å². The van der Waals surface area contributed by atoms with Gasteiger partial charge in [0.1, 0.15) is 5.75 Å². The van der Waals surface area contributed by atoms with E-state index in [1.165, 1.54) is 4.90 Å². The number of amides is 3. The van der Waals surface area contributed by atoms with Crippen LogP contribution in [-0.4, -0.2) is 91.5 Å². The molecule has 3 amide bonds. The molecule has 2 fully saturated rings. The SMILES string of the molecule is Cc1cccc(OCCCC(=O)N2CCN(C(=O)C(=O)N3CCOCC3)CC2)c1. The van der Waals surface area contributed by atoms with E-state index in [1.54, 1.807) is 9.80 Å². The van der Waals surface area contributed by atoms with Crippen LogP contribution in [-0.2, 0) is 19.1 Å². The van der Waals surface area contributed by atoms with Gasteiger partial charge in [0.25, 0.3) is 0 Å². The molecule has 2 aliphatic rings. The van der Waals surface area contributed by atoms with Crippen molar-refractivity contribution in [3.8, 4) is 5.75 Å². The monoisotopic (exact) mass is 403 g/mol. The lowest BCUT2D eigenvalue weighted by Gasteiger charge is -2.36. The van der Waals surface area contributed by atoms with Crippen molar-refractivity contribution in [3.05, 3.63) is 29.8 Å². The zero-order valence-corrected chi connectivity index (χ0v) is 17.0. The molecule has 1 aromatic carbocycles. The summed E-state index contributed by atoms with van der Waals surface area (Å²) >= 11 is 0. The minimum absolute atomic E-state index is 0.0597. The van der Waals surface area contributed by atoms with Crippen molar-refractivity contribution >= 4 is 17.7 Å². The molecule has 2 saturated heterocycles. The Hall–Kier alpha value is -2.61. The predicted octanol–water partition coefficient (Wildman–Crippen LogP) is 0.684. The fraction of sp³-hybridized carbons (Fsp3) is 0.571. The van der Waals surface area contributed by atoms with Gasteiger partial charge in [0.05, 0.1) is 19.8 Å². The third-order valence-corrected chi connectivity index (χ3v) is 5.19. The largest absolute Gasteiger partial charge is 0.494 e. The zero-order valence-electron chi connectivity index (χ0n) is 17.0. The van der Waals surface area contributed by atoms with Gasteiger partial charge in [-0.05, 0) is 31.0 Å². The van der Waals surface area contributed by atoms with Crippen LogP contribution in [0, 0.1) is 6.92 Å². The van der Waals surface area contributed by atoms with Gasteiger partial charge >= 0.3 is 11.8 Å². The first kappa shape index (κ1) is 21.1. The molecule has 2 heterocycles. The maximum absolute atomic E-state index is 12.4. The fourth-order valence-corrected chi connectivity index (χ4v) is 3.47. The predicted molar refractivity (Wildman–Crippen MR) is 106 cm³/mol. The van der Waals surface area contributed by atoms with Gasteiger partial charge in [-0.3, -0.25) is 14.4 Å². The summed E-state index contributed by atoms with van der Waals surface area (Å²) in [5.74, 6) is -0.0779. The number of benzene rings is 1. The van der Waals surface area contributed by atoms with E-state index < -0.39 is 11.8 Å². The van der Waals surface area contributed by atoms with Gasteiger partial charge in [-0.2, -0.15) is 0 Å². The molecule has 0 aliphatic carbocycles. The number of hydrogen-bond donors (Lipinski definition) is 0. The highest BCUT2D eigenvalue weighted by molar-refractivity contribution is 6.34. The number of morpholine rings is 1.